The van der Waals surface area contributed by atoms with Crippen LogP contribution in [0.2, 0.25) is 0 Å². The van der Waals surface area contributed by atoms with Gasteiger partial charge in [-0.2, -0.15) is 0 Å². The third-order valence-electron chi connectivity index (χ3n) is 3.59. The first-order valence-corrected chi connectivity index (χ1v) is 6.21. The number of rotatable bonds is 3. The normalized spacial score (nSPS) is 22.1. The van der Waals surface area contributed by atoms with Crippen LogP contribution in [0.15, 0.2) is 0 Å². The largest absolute Gasteiger partial charge is 0.481 e. The Labute approximate surface area is 102 Å². The van der Waals surface area contributed by atoms with Crippen molar-refractivity contribution in [2.75, 3.05) is 20.1 Å². The Morgan fingerprint density at radius 1 is 1.53 bits per heavy atom. The summed E-state index contributed by atoms with van der Waals surface area (Å²) in [5.74, 6) is -1.20. The Kier molecular flexibility index (Phi) is 4.78. The molecule has 1 aliphatic rings. The van der Waals surface area contributed by atoms with Crippen molar-refractivity contribution < 1.29 is 14.7 Å². The fourth-order valence-corrected chi connectivity index (χ4v) is 2.04. The predicted octanol–water partition coefficient (Wildman–Crippen LogP) is 1.63. The lowest BCUT2D eigenvalue weighted by atomic mass is 9.98. The van der Waals surface area contributed by atoms with Crippen molar-refractivity contribution in [2.24, 2.45) is 5.92 Å². The SMILES string of the molecule is CCC(C)N(C)C(=O)N1CCC[C@@H](C(=O)O)C1. The Hall–Kier alpha value is -1.26. The number of aliphatic carboxylic acids is 1. The molecule has 5 heteroatoms. The highest BCUT2D eigenvalue weighted by atomic mass is 16.4. The number of carbonyl (C=O) groups is 2. The summed E-state index contributed by atoms with van der Waals surface area (Å²) in [6.07, 6.45) is 2.35. The second-order valence-electron chi connectivity index (χ2n) is 4.77. The van der Waals surface area contributed by atoms with Crippen LogP contribution in [0.3, 0.4) is 0 Å². The van der Waals surface area contributed by atoms with Gasteiger partial charge in [-0.3, -0.25) is 4.79 Å². The average Bonchev–Trinajstić information content (AvgIpc) is 2.36. The molecule has 1 fully saturated rings. The van der Waals surface area contributed by atoms with Gasteiger partial charge in [-0.1, -0.05) is 6.92 Å². The molecule has 0 aromatic carbocycles. The Bertz CT molecular complexity index is 293. The van der Waals surface area contributed by atoms with Crippen LogP contribution in [0.4, 0.5) is 4.79 Å². The maximum Gasteiger partial charge on any atom is 0.320 e. The van der Waals surface area contributed by atoms with E-state index in [1.54, 1.807) is 16.8 Å². The molecule has 0 spiro atoms. The molecule has 0 aliphatic carbocycles. The van der Waals surface area contributed by atoms with Gasteiger partial charge < -0.3 is 14.9 Å². The van der Waals surface area contributed by atoms with Crippen molar-refractivity contribution in [3.8, 4) is 0 Å². The number of hydrogen-bond acceptors (Lipinski definition) is 2. The van der Waals surface area contributed by atoms with Crippen LogP contribution >= 0.6 is 0 Å². The highest BCUT2D eigenvalue weighted by Gasteiger charge is 2.30. The van der Waals surface area contributed by atoms with Gasteiger partial charge in [0.1, 0.15) is 0 Å². The van der Waals surface area contributed by atoms with Crippen LogP contribution < -0.4 is 0 Å². The molecule has 0 bridgehead atoms. The predicted molar refractivity (Wildman–Crippen MR) is 64.8 cm³/mol. The average molecular weight is 242 g/mol. The van der Waals surface area contributed by atoms with Gasteiger partial charge in [0, 0.05) is 26.2 Å². The summed E-state index contributed by atoms with van der Waals surface area (Å²) in [6, 6.07) is 0.137. The number of urea groups is 1. The third kappa shape index (κ3) is 3.35. The van der Waals surface area contributed by atoms with Crippen molar-refractivity contribution in [3.63, 3.8) is 0 Å². The van der Waals surface area contributed by atoms with E-state index in [9.17, 15) is 9.59 Å². The molecule has 2 amide bonds. The molecule has 0 saturated carbocycles. The maximum absolute atomic E-state index is 12.1. The minimum Gasteiger partial charge on any atom is -0.481 e. The molecule has 1 N–H and O–H groups in total. The molecule has 1 rings (SSSR count). The molecular weight excluding hydrogens is 220 g/mol. The Morgan fingerprint density at radius 3 is 2.71 bits per heavy atom. The van der Waals surface area contributed by atoms with Crippen molar-refractivity contribution in [2.45, 2.75) is 39.2 Å². The zero-order valence-corrected chi connectivity index (χ0v) is 10.8. The molecule has 5 nitrogen and oxygen atoms in total. The van der Waals surface area contributed by atoms with Gasteiger partial charge >= 0.3 is 12.0 Å². The van der Waals surface area contributed by atoms with Crippen molar-refractivity contribution >= 4 is 12.0 Å². The van der Waals surface area contributed by atoms with E-state index in [-0.39, 0.29) is 12.1 Å². The van der Waals surface area contributed by atoms with Crippen LogP contribution in [0.25, 0.3) is 0 Å². The monoisotopic (exact) mass is 242 g/mol. The van der Waals surface area contributed by atoms with E-state index in [1.165, 1.54) is 0 Å². The van der Waals surface area contributed by atoms with E-state index in [1.807, 2.05) is 13.8 Å². The highest BCUT2D eigenvalue weighted by Crippen LogP contribution is 2.18. The van der Waals surface area contributed by atoms with E-state index in [2.05, 4.69) is 0 Å². The first-order chi connectivity index (χ1) is 7.97. The van der Waals surface area contributed by atoms with Crippen LogP contribution in [0, 0.1) is 5.92 Å². The van der Waals surface area contributed by atoms with Gasteiger partial charge in [0.2, 0.25) is 0 Å². The van der Waals surface area contributed by atoms with Crippen LogP contribution in [0.1, 0.15) is 33.1 Å². The van der Waals surface area contributed by atoms with E-state index in [0.29, 0.717) is 19.5 Å². The van der Waals surface area contributed by atoms with Gasteiger partial charge in [0.25, 0.3) is 0 Å². The number of amides is 2. The number of nitrogens with zero attached hydrogens (tertiary/aromatic N) is 2. The van der Waals surface area contributed by atoms with Crippen LogP contribution in [-0.2, 0) is 4.79 Å². The third-order valence-corrected chi connectivity index (χ3v) is 3.59. The molecular formula is C12H22N2O3. The highest BCUT2D eigenvalue weighted by molar-refractivity contribution is 5.76. The van der Waals surface area contributed by atoms with Gasteiger partial charge in [0.15, 0.2) is 0 Å². The molecule has 0 radical (unpaired) electrons. The Morgan fingerprint density at radius 2 is 2.18 bits per heavy atom. The minimum atomic E-state index is -0.798. The van der Waals surface area contributed by atoms with Crippen LogP contribution in [-0.4, -0.2) is 53.1 Å². The lowest BCUT2D eigenvalue weighted by Crippen LogP contribution is -2.49. The zero-order chi connectivity index (χ0) is 13.0. The number of piperidine rings is 1. The van der Waals surface area contributed by atoms with E-state index in [4.69, 9.17) is 5.11 Å². The standard InChI is InChI=1S/C12H22N2O3/c1-4-9(2)13(3)12(17)14-7-5-6-10(8-14)11(15)16/h9-10H,4-8H2,1-3H3,(H,15,16)/t9?,10-/m1/s1. The fourth-order valence-electron chi connectivity index (χ4n) is 2.04. The number of carboxylic acids is 1. The van der Waals surface area contributed by atoms with Crippen molar-refractivity contribution in [3.05, 3.63) is 0 Å². The zero-order valence-electron chi connectivity index (χ0n) is 10.8. The topological polar surface area (TPSA) is 60.9 Å². The molecule has 1 saturated heterocycles. The Balaban J connectivity index is 2.60. The van der Waals surface area contributed by atoms with Gasteiger partial charge in [0.05, 0.1) is 5.92 Å². The second kappa shape index (κ2) is 5.89. The maximum atomic E-state index is 12.1. The summed E-state index contributed by atoms with van der Waals surface area (Å²) in [5.41, 5.74) is 0. The van der Waals surface area contributed by atoms with Gasteiger partial charge in [-0.15, -0.1) is 0 Å². The molecule has 2 atom stereocenters. The molecule has 1 unspecified atom stereocenters. The molecule has 17 heavy (non-hydrogen) atoms. The molecule has 0 aromatic heterocycles. The van der Waals surface area contributed by atoms with Gasteiger partial charge in [-0.25, -0.2) is 4.79 Å². The first-order valence-electron chi connectivity index (χ1n) is 6.21. The summed E-state index contributed by atoms with van der Waals surface area (Å²) in [7, 11) is 1.78. The number of hydrogen-bond donors (Lipinski definition) is 1. The molecule has 1 heterocycles. The summed E-state index contributed by atoms with van der Waals surface area (Å²) in [4.78, 5) is 26.4. The summed E-state index contributed by atoms with van der Waals surface area (Å²) in [5, 5.41) is 8.98. The van der Waals surface area contributed by atoms with E-state index >= 15 is 0 Å². The number of carboxylic acid groups (broad SMARTS) is 1. The minimum absolute atomic E-state index is 0.0506. The van der Waals surface area contributed by atoms with Gasteiger partial charge in [-0.05, 0) is 26.2 Å². The number of likely N-dealkylation sites (tertiary alicyclic amines) is 1. The summed E-state index contributed by atoms with van der Waals surface area (Å²) >= 11 is 0. The van der Waals surface area contributed by atoms with Crippen molar-refractivity contribution in [1.82, 2.24) is 9.80 Å². The van der Waals surface area contributed by atoms with E-state index < -0.39 is 11.9 Å². The molecule has 0 aromatic rings. The smallest absolute Gasteiger partial charge is 0.320 e. The molecule has 1 aliphatic heterocycles. The van der Waals surface area contributed by atoms with Crippen molar-refractivity contribution in [1.29, 1.82) is 0 Å². The quantitative estimate of drug-likeness (QED) is 0.818. The van der Waals surface area contributed by atoms with Crippen LogP contribution in [0.5, 0.6) is 0 Å². The molecule has 98 valence electrons. The summed E-state index contributed by atoms with van der Waals surface area (Å²) in [6.45, 7) is 5.04. The number of carbonyl (C=O) groups excluding carboxylic acids is 1. The van der Waals surface area contributed by atoms with E-state index in [0.717, 1.165) is 12.8 Å². The lowest BCUT2D eigenvalue weighted by Gasteiger charge is -2.35. The first kappa shape index (κ1) is 13.8. The second-order valence-corrected chi connectivity index (χ2v) is 4.77. The lowest BCUT2D eigenvalue weighted by molar-refractivity contribution is -0.143. The summed E-state index contributed by atoms with van der Waals surface area (Å²) < 4.78 is 0. The fraction of sp³-hybridized carbons (Fsp3) is 0.833.